The van der Waals surface area contributed by atoms with Gasteiger partial charge >= 0.3 is 0 Å². The lowest BCUT2D eigenvalue weighted by Gasteiger charge is -2.33. The van der Waals surface area contributed by atoms with Gasteiger partial charge in [0.25, 0.3) is 11.8 Å². The molecule has 0 N–H and O–H groups in total. The van der Waals surface area contributed by atoms with Crippen LogP contribution >= 0.6 is 11.8 Å². The van der Waals surface area contributed by atoms with Crippen molar-refractivity contribution in [3.8, 4) is 11.5 Å². The van der Waals surface area contributed by atoms with Crippen LogP contribution in [0.1, 0.15) is 27.0 Å². The first kappa shape index (κ1) is 22.3. The SMILES string of the molecule is COc1cccc(C(=O)N2CCS[C@@]23C(=O)N(Cc2ccc(C)cc2)c2ccc(OC)cc23)c1. The van der Waals surface area contributed by atoms with Crippen molar-refractivity contribution in [2.24, 2.45) is 0 Å². The summed E-state index contributed by atoms with van der Waals surface area (Å²) in [7, 11) is 3.18. The van der Waals surface area contributed by atoms with Crippen LogP contribution in [-0.4, -0.2) is 43.2 Å². The van der Waals surface area contributed by atoms with Crippen LogP contribution in [0, 0.1) is 6.92 Å². The molecule has 174 valence electrons. The Bertz CT molecular complexity index is 1260. The van der Waals surface area contributed by atoms with E-state index in [9.17, 15) is 9.59 Å². The van der Waals surface area contributed by atoms with Gasteiger partial charge < -0.3 is 19.3 Å². The molecular formula is C27H26N2O4S. The van der Waals surface area contributed by atoms with E-state index in [0.29, 0.717) is 35.9 Å². The van der Waals surface area contributed by atoms with E-state index in [1.54, 1.807) is 48.3 Å². The standard InChI is InChI=1S/C27H26N2O4S/c1-18-7-9-19(10-8-18)17-28-24-12-11-22(33-3)16-23(24)27(26(28)31)29(13-14-34-27)25(30)20-5-4-6-21(15-20)32-2/h4-12,15-16H,13-14,17H2,1-3H3/t27-/m0/s1. The highest BCUT2D eigenvalue weighted by Crippen LogP contribution is 2.55. The molecule has 0 unspecified atom stereocenters. The second-order valence-corrected chi connectivity index (χ2v) is 9.73. The summed E-state index contributed by atoms with van der Waals surface area (Å²) in [6, 6.07) is 20.9. The van der Waals surface area contributed by atoms with Gasteiger partial charge in [-0.2, -0.15) is 0 Å². The number of methoxy groups -OCH3 is 2. The third-order valence-electron chi connectivity index (χ3n) is 6.42. The van der Waals surface area contributed by atoms with Crippen molar-refractivity contribution in [1.29, 1.82) is 0 Å². The lowest BCUT2D eigenvalue weighted by Crippen LogP contribution is -2.50. The molecule has 0 aliphatic carbocycles. The largest absolute Gasteiger partial charge is 0.497 e. The number of carbonyl (C=O) groups is 2. The van der Waals surface area contributed by atoms with Gasteiger partial charge in [0.1, 0.15) is 11.5 Å². The molecule has 1 spiro atoms. The highest BCUT2D eigenvalue weighted by atomic mass is 32.2. The fraction of sp³-hybridized carbons (Fsp3) is 0.259. The number of benzene rings is 3. The second-order valence-electron chi connectivity index (χ2n) is 8.44. The minimum absolute atomic E-state index is 0.102. The van der Waals surface area contributed by atoms with Crippen molar-refractivity contribution in [1.82, 2.24) is 4.90 Å². The number of nitrogens with zero attached hydrogens (tertiary/aromatic N) is 2. The van der Waals surface area contributed by atoms with Gasteiger partial charge in [-0.15, -0.1) is 11.8 Å². The number of thioether (sulfide) groups is 1. The average molecular weight is 475 g/mol. The van der Waals surface area contributed by atoms with Gasteiger partial charge in [0.05, 0.1) is 26.5 Å². The number of amides is 2. The van der Waals surface area contributed by atoms with Crippen molar-refractivity contribution < 1.29 is 19.1 Å². The molecule has 0 radical (unpaired) electrons. The number of hydrogen-bond acceptors (Lipinski definition) is 5. The van der Waals surface area contributed by atoms with E-state index in [4.69, 9.17) is 9.47 Å². The molecule has 2 heterocycles. The molecule has 6 nitrogen and oxygen atoms in total. The first-order valence-electron chi connectivity index (χ1n) is 11.1. The minimum atomic E-state index is -1.13. The van der Waals surface area contributed by atoms with Crippen molar-refractivity contribution in [2.45, 2.75) is 18.3 Å². The van der Waals surface area contributed by atoms with Gasteiger partial charge in [0, 0.05) is 23.4 Å². The van der Waals surface area contributed by atoms with Crippen LogP contribution in [0.2, 0.25) is 0 Å². The van der Waals surface area contributed by atoms with Crippen LogP contribution in [0.25, 0.3) is 0 Å². The van der Waals surface area contributed by atoms with E-state index in [1.807, 2.05) is 49.4 Å². The molecule has 1 fully saturated rings. The Morgan fingerprint density at radius 2 is 1.74 bits per heavy atom. The second kappa shape index (κ2) is 8.72. The number of anilines is 1. The normalized spacial score (nSPS) is 19.0. The van der Waals surface area contributed by atoms with Crippen molar-refractivity contribution in [3.63, 3.8) is 0 Å². The monoisotopic (exact) mass is 474 g/mol. The molecule has 7 heteroatoms. The molecule has 2 aliphatic heterocycles. The van der Waals surface area contributed by atoms with Gasteiger partial charge in [-0.3, -0.25) is 9.59 Å². The van der Waals surface area contributed by atoms with Crippen molar-refractivity contribution in [2.75, 3.05) is 31.4 Å². The van der Waals surface area contributed by atoms with Crippen LogP contribution in [0.5, 0.6) is 11.5 Å². The Labute approximate surface area is 203 Å². The molecule has 3 aromatic rings. The average Bonchev–Trinajstić information content (AvgIpc) is 3.41. The van der Waals surface area contributed by atoms with Crippen molar-refractivity contribution in [3.05, 3.63) is 89.0 Å². The first-order valence-corrected chi connectivity index (χ1v) is 12.1. The summed E-state index contributed by atoms with van der Waals surface area (Å²) in [5, 5.41) is 0. The van der Waals surface area contributed by atoms with Crippen LogP contribution in [0.3, 0.4) is 0 Å². The van der Waals surface area contributed by atoms with Crippen LogP contribution < -0.4 is 14.4 Å². The van der Waals surface area contributed by atoms with Crippen molar-refractivity contribution >= 4 is 29.3 Å². The Hall–Kier alpha value is -3.45. The third-order valence-corrected chi connectivity index (χ3v) is 7.84. The molecule has 3 aromatic carbocycles. The summed E-state index contributed by atoms with van der Waals surface area (Å²) in [5.41, 5.74) is 4.30. The number of rotatable bonds is 5. The summed E-state index contributed by atoms with van der Waals surface area (Å²) in [6.07, 6.45) is 0. The van der Waals surface area contributed by atoms with Gasteiger partial charge in [-0.25, -0.2) is 0 Å². The summed E-state index contributed by atoms with van der Waals surface area (Å²) in [5.74, 6) is 1.63. The molecular weight excluding hydrogens is 448 g/mol. The Kier molecular flexibility index (Phi) is 5.73. The predicted octanol–water partition coefficient (Wildman–Crippen LogP) is 4.60. The summed E-state index contributed by atoms with van der Waals surface area (Å²) in [4.78, 5) is 30.3. The van der Waals surface area contributed by atoms with E-state index >= 15 is 0 Å². The number of aryl methyl sites for hydroxylation is 1. The molecule has 2 amide bonds. The zero-order chi connectivity index (χ0) is 23.9. The smallest absolute Gasteiger partial charge is 0.268 e. The zero-order valence-corrected chi connectivity index (χ0v) is 20.2. The lowest BCUT2D eigenvalue weighted by atomic mass is 10.0. The molecule has 0 bridgehead atoms. The van der Waals surface area contributed by atoms with E-state index in [2.05, 4.69) is 0 Å². The van der Waals surface area contributed by atoms with Crippen LogP contribution in [0.4, 0.5) is 5.69 Å². The van der Waals surface area contributed by atoms with E-state index in [0.717, 1.165) is 16.8 Å². The molecule has 0 aromatic heterocycles. The highest BCUT2D eigenvalue weighted by molar-refractivity contribution is 8.01. The first-order chi connectivity index (χ1) is 16.5. The summed E-state index contributed by atoms with van der Waals surface area (Å²) >= 11 is 1.51. The Morgan fingerprint density at radius 1 is 1.00 bits per heavy atom. The molecule has 5 rings (SSSR count). The number of hydrogen-bond donors (Lipinski definition) is 0. The Balaban J connectivity index is 1.59. The maximum atomic E-state index is 14.2. The molecule has 1 saturated heterocycles. The molecule has 0 saturated carbocycles. The van der Waals surface area contributed by atoms with Gasteiger partial charge in [-0.1, -0.05) is 35.9 Å². The van der Waals surface area contributed by atoms with Gasteiger partial charge in [0.2, 0.25) is 0 Å². The molecule has 2 aliphatic rings. The summed E-state index contributed by atoms with van der Waals surface area (Å²) in [6.45, 7) is 2.95. The van der Waals surface area contributed by atoms with Gasteiger partial charge in [-0.05, 0) is 48.9 Å². The zero-order valence-electron chi connectivity index (χ0n) is 19.4. The lowest BCUT2D eigenvalue weighted by molar-refractivity contribution is -0.123. The Morgan fingerprint density at radius 3 is 2.47 bits per heavy atom. The fourth-order valence-corrected chi connectivity index (χ4v) is 6.12. The number of fused-ring (bicyclic) bond motifs is 2. The van der Waals surface area contributed by atoms with Gasteiger partial charge in [0.15, 0.2) is 4.87 Å². The molecule has 34 heavy (non-hydrogen) atoms. The quantitative estimate of drug-likeness (QED) is 0.541. The van der Waals surface area contributed by atoms with E-state index in [1.165, 1.54) is 17.3 Å². The molecule has 1 atom stereocenters. The van der Waals surface area contributed by atoms with E-state index < -0.39 is 4.87 Å². The number of carbonyl (C=O) groups excluding carboxylic acids is 2. The predicted molar refractivity (Wildman–Crippen MR) is 134 cm³/mol. The van der Waals surface area contributed by atoms with Crippen LogP contribution in [-0.2, 0) is 16.2 Å². The summed E-state index contributed by atoms with van der Waals surface area (Å²) < 4.78 is 10.8. The van der Waals surface area contributed by atoms with Crippen LogP contribution in [0.15, 0.2) is 66.7 Å². The third kappa shape index (κ3) is 3.51. The highest BCUT2D eigenvalue weighted by Gasteiger charge is 2.59. The minimum Gasteiger partial charge on any atom is -0.497 e. The fourth-order valence-electron chi connectivity index (χ4n) is 4.67. The maximum Gasteiger partial charge on any atom is 0.268 e. The maximum absolute atomic E-state index is 14.2. The topological polar surface area (TPSA) is 59.1 Å². The number of ether oxygens (including phenoxy) is 2. The van der Waals surface area contributed by atoms with E-state index in [-0.39, 0.29) is 11.8 Å².